The first-order valence-corrected chi connectivity index (χ1v) is 5.11. The summed E-state index contributed by atoms with van der Waals surface area (Å²) in [6.07, 6.45) is -5.64. The molecular weight excluding hydrogens is 271 g/mol. The van der Waals surface area contributed by atoms with Gasteiger partial charge in [-0.15, -0.1) is 10.2 Å². The predicted molar refractivity (Wildman–Crippen MR) is 50.8 cm³/mol. The molecule has 1 aliphatic heterocycles. The van der Waals surface area contributed by atoms with Crippen LogP contribution in [0.5, 0.6) is 0 Å². The molecule has 8 nitrogen and oxygen atoms in total. The number of halogens is 3. The Kier molecular flexibility index (Phi) is 2.91. The minimum absolute atomic E-state index is 0.334. The van der Waals surface area contributed by atoms with E-state index in [0.29, 0.717) is 0 Å². The molecule has 0 aromatic carbocycles. The van der Waals surface area contributed by atoms with Gasteiger partial charge in [0.1, 0.15) is 0 Å². The Labute approximate surface area is 103 Å². The van der Waals surface area contributed by atoms with Crippen LogP contribution in [0.3, 0.4) is 0 Å². The maximum atomic E-state index is 12.9. The zero-order valence-corrected chi connectivity index (χ0v) is 9.31. The van der Waals surface area contributed by atoms with Crippen molar-refractivity contribution in [1.82, 2.24) is 25.5 Å². The molecule has 1 fully saturated rings. The van der Waals surface area contributed by atoms with Crippen LogP contribution >= 0.6 is 0 Å². The molecule has 19 heavy (non-hydrogen) atoms. The fourth-order valence-corrected chi connectivity index (χ4v) is 1.90. The molecule has 2 N–H and O–H groups in total. The molecule has 0 spiro atoms. The number of hydrogen-bond donors (Lipinski definition) is 2. The normalized spacial score (nSPS) is 23.6. The fraction of sp³-hybridized carbons (Fsp3) is 0.625. The lowest BCUT2D eigenvalue weighted by atomic mass is 9.86. The highest BCUT2D eigenvalue weighted by atomic mass is 19.4. The van der Waals surface area contributed by atoms with Gasteiger partial charge < -0.3 is 10.0 Å². The van der Waals surface area contributed by atoms with Gasteiger partial charge in [-0.25, -0.2) is 0 Å². The molecule has 104 valence electrons. The Balaban J connectivity index is 2.23. The molecule has 1 aromatic rings. The van der Waals surface area contributed by atoms with Gasteiger partial charge in [0.05, 0.1) is 0 Å². The Morgan fingerprint density at radius 1 is 1.42 bits per heavy atom. The van der Waals surface area contributed by atoms with Crippen LogP contribution in [0.15, 0.2) is 0 Å². The second kappa shape index (κ2) is 4.17. The van der Waals surface area contributed by atoms with Crippen LogP contribution in [0.25, 0.3) is 0 Å². The number of nitrogens with zero attached hydrogens (tertiary/aromatic N) is 4. The molecule has 2 heterocycles. The van der Waals surface area contributed by atoms with E-state index in [4.69, 9.17) is 5.11 Å². The number of carbonyl (C=O) groups excluding carboxylic acids is 1. The SMILES string of the molecule is O=C(c1nn[nH]n1)N1CCC(C(=O)O)(C(F)(F)F)C1. The number of likely N-dealkylation sites (tertiary alicyclic amines) is 1. The van der Waals surface area contributed by atoms with Crippen molar-refractivity contribution in [2.45, 2.75) is 12.6 Å². The van der Waals surface area contributed by atoms with Gasteiger partial charge in [-0.2, -0.15) is 18.4 Å². The van der Waals surface area contributed by atoms with Crippen molar-refractivity contribution in [3.8, 4) is 0 Å². The molecule has 0 saturated carbocycles. The van der Waals surface area contributed by atoms with Crippen LogP contribution in [-0.2, 0) is 4.79 Å². The van der Waals surface area contributed by atoms with Gasteiger partial charge in [-0.3, -0.25) is 9.59 Å². The quantitative estimate of drug-likeness (QED) is 0.767. The van der Waals surface area contributed by atoms with Crippen molar-refractivity contribution in [2.24, 2.45) is 5.41 Å². The number of amides is 1. The number of hydrogen-bond acceptors (Lipinski definition) is 5. The maximum Gasteiger partial charge on any atom is 0.406 e. The number of carboxylic acid groups (broad SMARTS) is 1. The van der Waals surface area contributed by atoms with Gasteiger partial charge in [0.2, 0.25) is 0 Å². The molecule has 11 heteroatoms. The molecule has 0 bridgehead atoms. The number of alkyl halides is 3. The van der Waals surface area contributed by atoms with Crippen LogP contribution < -0.4 is 0 Å². The molecule has 1 atom stereocenters. The minimum atomic E-state index is -4.94. The van der Waals surface area contributed by atoms with Gasteiger partial charge in [0, 0.05) is 13.1 Å². The maximum absolute atomic E-state index is 12.9. The summed E-state index contributed by atoms with van der Waals surface area (Å²) >= 11 is 0. The molecular formula is C8H8F3N5O3. The molecule has 0 aliphatic carbocycles. The predicted octanol–water partition coefficient (Wildman–Crippen LogP) is -0.321. The van der Waals surface area contributed by atoms with Gasteiger partial charge in [0.25, 0.3) is 11.7 Å². The highest BCUT2D eigenvalue weighted by Crippen LogP contribution is 2.45. The molecule has 1 saturated heterocycles. The number of aliphatic carboxylic acids is 1. The molecule has 1 aromatic heterocycles. The smallest absolute Gasteiger partial charge is 0.406 e. The number of tetrazole rings is 1. The van der Waals surface area contributed by atoms with Gasteiger partial charge >= 0.3 is 12.1 Å². The first-order chi connectivity index (χ1) is 8.78. The first kappa shape index (κ1) is 13.2. The van der Waals surface area contributed by atoms with Crippen LogP contribution in [-0.4, -0.2) is 61.8 Å². The number of carbonyl (C=O) groups is 2. The zero-order chi connectivity index (χ0) is 14.3. The summed E-state index contributed by atoms with van der Waals surface area (Å²) in [5, 5.41) is 20.6. The third-order valence-electron chi connectivity index (χ3n) is 3.05. The van der Waals surface area contributed by atoms with Crippen molar-refractivity contribution in [2.75, 3.05) is 13.1 Å². The van der Waals surface area contributed by atoms with E-state index < -0.39 is 42.3 Å². The number of aromatic nitrogens is 4. The summed E-state index contributed by atoms with van der Waals surface area (Å²) < 4.78 is 38.6. The molecule has 1 aliphatic rings. The van der Waals surface area contributed by atoms with E-state index in [1.807, 2.05) is 5.21 Å². The van der Waals surface area contributed by atoms with E-state index in [9.17, 15) is 22.8 Å². The van der Waals surface area contributed by atoms with E-state index >= 15 is 0 Å². The summed E-state index contributed by atoms with van der Waals surface area (Å²) in [4.78, 5) is 23.4. The van der Waals surface area contributed by atoms with E-state index in [2.05, 4.69) is 15.4 Å². The van der Waals surface area contributed by atoms with Crippen molar-refractivity contribution >= 4 is 11.9 Å². The Hall–Kier alpha value is -2.20. The van der Waals surface area contributed by atoms with Crippen LogP contribution in [0.4, 0.5) is 13.2 Å². The monoisotopic (exact) mass is 279 g/mol. The van der Waals surface area contributed by atoms with E-state index in [1.54, 1.807) is 0 Å². The highest BCUT2D eigenvalue weighted by molar-refractivity contribution is 5.91. The van der Waals surface area contributed by atoms with Gasteiger partial charge in [-0.05, 0) is 11.6 Å². The van der Waals surface area contributed by atoms with E-state index in [-0.39, 0.29) is 6.54 Å². The Bertz CT molecular complexity index is 502. The lowest BCUT2D eigenvalue weighted by molar-refractivity contribution is -0.227. The second-order valence-corrected chi connectivity index (χ2v) is 4.10. The summed E-state index contributed by atoms with van der Waals surface area (Å²) in [7, 11) is 0. The number of carboxylic acids is 1. The van der Waals surface area contributed by atoms with Gasteiger partial charge in [-0.1, -0.05) is 0 Å². The molecule has 0 radical (unpaired) electrons. The highest BCUT2D eigenvalue weighted by Gasteiger charge is 2.64. The fourth-order valence-electron chi connectivity index (χ4n) is 1.90. The number of aromatic amines is 1. The minimum Gasteiger partial charge on any atom is -0.481 e. The third-order valence-corrected chi connectivity index (χ3v) is 3.05. The van der Waals surface area contributed by atoms with Crippen LogP contribution in [0.1, 0.15) is 17.0 Å². The van der Waals surface area contributed by atoms with Crippen molar-refractivity contribution in [3.63, 3.8) is 0 Å². The largest absolute Gasteiger partial charge is 0.481 e. The van der Waals surface area contributed by atoms with E-state index in [1.165, 1.54) is 0 Å². The zero-order valence-electron chi connectivity index (χ0n) is 9.31. The first-order valence-electron chi connectivity index (χ1n) is 5.11. The summed E-state index contributed by atoms with van der Waals surface area (Å²) in [5.41, 5.74) is -2.94. The Morgan fingerprint density at radius 3 is 2.53 bits per heavy atom. The van der Waals surface area contributed by atoms with Crippen LogP contribution in [0.2, 0.25) is 0 Å². The standard InChI is InChI=1S/C8H8F3N5O3/c9-8(10,11)7(6(18)19)1-2-16(3-7)5(17)4-12-14-15-13-4/h1-3H2,(H,18,19)(H,12,13,14,15). The molecule has 2 rings (SSSR count). The topological polar surface area (TPSA) is 112 Å². The summed E-state index contributed by atoms with van der Waals surface area (Å²) in [5.74, 6) is -3.28. The Morgan fingerprint density at radius 2 is 2.11 bits per heavy atom. The van der Waals surface area contributed by atoms with Crippen LogP contribution in [0, 0.1) is 5.41 Å². The third kappa shape index (κ3) is 2.00. The lowest BCUT2D eigenvalue weighted by Gasteiger charge is -2.26. The lowest BCUT2D eigenvalue weighted by Crippen LogP contribution is -2.47. The number of H-pyrrole nitrogens is 1. The van der Waals surface area contributed by atoms with E-state index in [0.717, 1.165) is 4.90 Å². The molecule has 1 unspecified atom stereocenters. The summed E-state index contributed by atoms with van der Waals surface area (Å²) in [6.45, 7) is -1.29. The average Bonchev–Trinajstić information content (AvgIpc) is 2.97. The second-order valence-electron chi connectivity index (χ2n) is 4.10. The van der Waals surface area contributed by atoms with Crippen molar-refractivity contribution in [1.29, 1.82) is 0 Å². The van der Waals surface area contributed by atoms with Crippen molar-refractivity contribution < 1.29 is 27.9 Å². The average molecular weight is 279 g/mol. The van der Waals surface area contributed by atoms with Gasteiger partial charge in [0.15, 0.2) is 5.41 Å². The number of nitrogens with one attached hydrogen (secondary N) is 1. The van der Waals surface area contributed by atoms with Crippen molar-refractivity contribution in [3.05, 3.63) is 5.82 Å². The molecule has 1 amide bonds. The summed E-state index contributed by atoms with van der Waals surface area (Å²) in [6, 6.07) is 0. The number of rotatable bonds is 2.